The van der Waals surface area contributed by atoms with Crippen LogP contribution in [-0.4, -0.2) is 54.3 Å². The number of piperazine rings is 1. The Morgan fingerprint density at radius 2 is 1.71 bits per heavy atom. The summed E-state index contributed by atoms with van der Waals surface area (Å²) in [6, 6.07) is 6.00. The first-order chi connectivity index (χ1) is 11.4. The molecule has 1 fully saturated rings. The second kappa shape index (κ2) is 8.29. The molecule has 1 aromatic carbocycles. The Balaban J connectivity index is 1.83. The SMILES string of the molecule is CCC(C)C(=O)N1CCN(CC(=O)Nc2c(C)cccc2C)CC1. The number of carbonyl (C=O) groups excluding carboxylic acids is 2. The van der Waals surface area contributed by atoms with Crippen LogP contribution in [-0.2, 0) is 9.59 Å². The van der Waals surface area contributed by atoms with E-state index in [-0.39, 0.29) is 17.7 Å². The molecule has 0 aliphatic carbocycles. The Kier molecular flexibility index (Phi) is 6.37. The highest BCUT2D eigenvalue weighted by Gasteiger charge is 2.24. The molecule has 0 aromatic heterocycles. The van der Waals surface area contributed by atoms with Crippen molar-refractivity contribution in [3.8, 4) is 0 Å². The van der Waals surface area contributed by atoms with Gasteiger partial charge in [-0.05, 0) is 31.4 Å². The number of rotatable bonds is 5. The molecule has 5 heteroatoms. The molecular formula is C19H29N3O2. The van der Waals surface area contributed by atoms with E-state index < -0.39 is 0 Å². The number of para-hydroxylation sites is 1. The summed E-state index contributed by atoms with van der Waals surface area (Å²) in [5, 5.41) is 3.03. The van der Waals surface area contributed by atoms with Crippen molar-refractivity contribution in [1.29, 1.82) is 0 Å². The van der Waals surface area contributed by atoms with Gasteiger partial charge >= 0.3 is 0 Å². The zero-order valence-electron chi connectivity index (χ0n) is 15.3. The number of hydrogen-bond acceptors (Lipinski definition) is 3. The van der Waals surface area contributed by atoms with Crippen LogP contribution < -0.4 is 5.32 Å². The maximum atomic E-state index is 12.3. The van der Waals surface area contributed by atoms with Crippen LogP contribution in [0.15, 0.2) is 18.2 Å². The molecule has 0 saturated carbocycles. The number of carbonyl (C=O) groups is 2. The standard InChI is InChI=1S/C19H29N3O2/c1-5-14(2)19(24)22-11-9-21(10-12-22)13-17(23)20-18-15(3)7-6-8-16(18)4/h6-8,14H,5,9-13H2,1-4H3,(H,20,23). The molecule has 24 heavy (non-hydrogen) atoms. The summed E-state index contributed by atoms with van der Waals surface area (Å²) in [7, 11) is 0. The van der Waals surface area contributed by atoms with Crippen molar-refractivity contribution >= 4 is 17.5 Å². The van der Waals surface area contributed by atoms with E-state index in [0.717, 1.165) is 36.3 Å². The molecule has 5 nitrogen and oxygen atoms in total. The van der Waals surface area contributed by atoms with Crippen LogP contribution in [0.1, 0.15) is 31.4 Å². The van der Waals surface area contributed by atoms with Crippen molar-refractivity contribution in [2.75, 3.05) is 38.0 Å². The van der Waals surface area contributed by atoms with Gasteiger partial charge in [0, 0.05) is 37.8 Å². The molecule has 1 heterocycles. The molecule has 2 rings (SSSR count). The Morgan fingerprint density at radius 3 is 2.25 bits per heavy atom. The number of hydrogen-bond donors (Lipinski definition) is 1. The van der Waals surface area contributed by atoms with E-state index in [4.69, 9.17) is 0 Å². The van der Waals surface area contributed by atoms with Gasteiger partial charge in [-0.2, -0.15) is 0 Å². The molecule has 1 saturated heterocycles. The molecular weight excluding hydrogens is 302 g/mol. The normalized spacial score (nSPS) is 16.8. The molecule has 0 spiro atoms. The van der Waals surface area contributed by atoms with Crippen molar-refractivity contribution < 1.29 is 9.59 Å². The van der Waals surface area contributed by atoms with Crippen molar-refractivity contribution in [2.45, 2.75) is 34.1 Å². The molecule has 0 radical (unpaired) electrons. The second-order valence-corrected chi connectivity index (χ2v) is 6.73. The van der Waals surface area contributed by atoms with Gasteiger partial charge in [0.25, 0.3) is 0 Å². The lowest BCUT2D eigenvalue weighted by Gasteiger charge is -2.35. The summed E-state index contributed by atoms with van der Waals surface area (Å²) >= 11 is 0. The molecule has 1 aliphatic heterocycles. The van der Waals surface area contributed by atoms with Crippen molar-refractivity contribution in [3.05, 3.63) is 29.3 Å². The Labute approximate surface area is 145 Å². The topological polar surface area (TPSA) is 52.7 Å². The summed E-state index contributed by atoms with van der Waals surface area (Å²) < 4.78 is 0. The minimum Gasteiger partial charge on any atom is -0.340 e. The fourth-order valence-corrected chi connectivity index (χ4v) is 3.01. The van der Waals surface area contributed by atoms with Crippen LogP contribution >= 0.6 is 0 Å². The van der Waals surface area contributed by atoms with Gasteiger partial charge in [0.05, 0.1) is 6.54 Å². The molecule has 1 unspecified atom stereocenters. The van der Waals surface area contributed by atoms with E-state index in [1.807, 2.05) is 50.8 Å². The maximum Gasteiger partial charge on any atom is 0.238 e. The van der Waals surface area contributed by atoms with Crippen LogP contribution in [0.3, 0.4) is 0 Å². The molecule has 2 amide bonds. The fraction of sp³-hybridized carbons (Fsp3) is 0.579. The first-order valence-electron chi connectivity index (χ1n) is 8.79. The molecule has 1 atom stereocenters. The average molecular weight is 331 g/mol. The Bertz CT molecular complexity index is 572. The predicted octanol–water partition coefficient (Wildman–Crippen LogP) is 2.43. The third-order valence-electron chi connectivity index (χ3n) is 4.83. The molecule has 132 valence electrons. The van der Waals surface area contributed by atoms with E-state index in [2.05, 4.69) is 10.2 Å². The van der Waals surface area contributed by atoms with E-state index in [0.29, 0.717) is 19.6 Å². The van der Waals surface area contributed by atoms with E-state index >= 15 is 0 Å². The zero-order valence-corrected chi connectivity index (χ0v) is 15.3. The minimum atomic E-state index is 0.00843. The van der Waals surface area contributed by atoms with Crippen molar-refractivity contribution in [1.82, 2.24) is 9.80 Å². The Morgan fingerprint density at radius 1 is 1.12 bits per heavy atom. The number of aryl methyl sites for hydroxylation is 2. The van der Waals surface area contributed by atoms with Gasteiger partial charge in [0.1, 0.15) is 0 Å². The molecule has 1 aliphatic rings. The maximum absolute atomic E-state index is 12.3. The van der Waals surface area contributed by atoms with Crippen LogP contribution in [0, 0.1) is 19.8 Å². The summed E-state index contributed by atoms with van der Waals surface area (Å²) in [5.74, 6) is 0.329. The van der Waals surface area contributed by atoms with Gasteiger partial charge in [-0.1, -0.05) is 32.0 Å². The third kappa shape index (κ3) is 4.57. The monoisotopic (exact) mass is 331 g/mol. The first kappa shape index (κ1) is 18.5. The number of benzene rings is 1. The molecule has 0 bridgehead atoms. The molecule has 1 aromatic rings. The van der Waals surface area contributed by atoms with E-state index in [9.17, 15) is 9.59 Å². The number of amides is 2. The van der Waals surface area contributed by atoms with E-state index in [1.165, 1.54) is 0 Å². The highest BCUT2D eigenvalue weighted by atomic mass is 16.2. The van der Waals surface area contributed by atoms with Gasteiger partial charge in [-0.15, -0.1) is 0 Å². The Hall–Kier alpha value is -1.88. The van der Waals surface area contributed by atoms with Crippen molar-refractivity contribution in [2.24, 2.45) is 5.92 Å². The van der Waals surface area contributed by atoms with Crippen LogP contribution in [0.2, 0.25) is 0 Å². The van der Waals surface area contributed by atoms with Crippen molar-refractivity contribution in [3.63, 3.8) is 0 Å². The van der Waals surface area contributed by atoms with Crippen LogP contribution in [0.25, 0.3) is 0 Å². The van der Waals surface area contributed by atoms with E-state index in [1.54, 1.807) is 0 Å². The number of nitrogens with one attached hydrogen (secondary N) is 1. The summed E-state index contributed by atoms with van der Waals surface area (Å²) in [6.45, 7) is 11.3. The quantitative estimate of drug-likeness (QED) is 0.901. The highest BCUT2D eigenvalue weighted by molar-refractivity contribution is 5.93. The number of anilines is 1. The smallest absolute Gasteiger partial charge is 0.238 e. The summed E-state index contributed by atoms with van der Waals surface area (Å²) in [5.41, 5.74) is 3.06. The highest BCUT2D eigenvalue weighted by Crippen LogP contribution is 2.19. The van der Waals surface area contributed by atoms with Gasteiger partial charge in [0.15, 0.2) is 0 Å². The van der Waals surface area contributed by atoms with Gasteiger partial charge < -0.3 is 10.2 Å². The van der Waals surface area contributed by atoms with Gasteiger partial charge in [0.2, 0.25) is 11.8 Å². The lowest BCUT2D eigenvalue weighted by molar-refractivity contribution is -0.137. The van der Waals surface area contributed by atoms with Crippen LogP contribution in [0.5, 0.6) is 0 Å². The largest absolute Gasteiger partial charge is 0.340 e. The first-order valence-corrected chi connectivity index (χ1v) is 8.79. The summed E-state index contributed by atoms with van der Waals surface area (Å²) in [4.78, 5) is 28.6. The number of nitrogens with zero attached hydrogens (tertiary/aromatic N) is 2. The minimum absolute atomic E-state index is 0.00843. The predicted molar refractivity (Wildman–Crippen MR) is 97.0 cm³/mol. The fourth-order valence-electron chi connectivity index (χ4n) is 3.01. The molecule has 1 N–H and O–H groups in total. The van der Waals surface area contributed by atoms with Crippen LogP contribution in [0.4, 0.5) is 5.69 Å². The van der Waals surface area contributed by atoms with Gasteiger partial charge in [-0.25, -0.2) is 0 Å². The van der Waals surface area contributed by atoms with Gasteiger partial charge in [-0.3, -0.25) is 14.5 Å². The lowest BCUT2D eigenvalue weighted by Crippen LogP contribution is -2.51. The lowest BCUT2D eigenvalue weighted by atomic mass is 10.1. The average Bonchev–Trinajstić information content (AvgIpc) is 2.57. The second-order valence-electron chi connectivity index (χ2n) is 6.73. The summed E-state index contributed by atoms with van der Waals surface area (Å²) in [6.07, 6.45) is 0.872. The third-order valence-corrected chi connectivity index (χ3v) is 4.83. The zero-order chi connectivity index (χ0) is 17.7.